The monoisotopic (exact) mass is 539 g/mol. The SMILES string of the molecule is Nc1c2c(-c3cccc(Cl)c3)nc(N3CCN(CCOc4ccccc4)CC3)nc2nn1Cc1ccccc1. The lowest BCUT2D eigenvalue weighted by molar-refractivity contribution is 0.200. The Kier molecular flexibility index (Phi) is 7.29. The van der Waals surface area contributed by atoms with Crippen LogP contribution in [0, 0.1) is 0 Å². The highest BCUT2D eigenvalue weighted by Crippen LogP contribution is 2.33. The van der Waals surface area contributed by atoms with E-state index in [2.05, 4.69) is 21.9 Å². The van der Waals surface area contributed by atoms with Crippen molar-refractivity contribution in [1.29, 1.82) is 0 Å². The van der Waals surface area contributed by atoms with Gasteiger partial charge in [-0.3, -0.25) is 4.90 Å². The number of halogens is 1. The van der Waals surface area contributed by atoms with Gasteiger partial charge in [0.25, 0.3) is 0 Å². The number of rotatable bonds is 8. The summed E-state index contributed by atoms with van der Waals surface area (Å²) >= 11 is 6.36. The molecule has 0 spiro atoms. The minimum atomic E-state index is 0.540. The minimum Gasteiger partial charge on any atom is -0.492 e. The van der Waals surface area contributed by atoms with Gasteiger partial charge in [-0.1, -0.05) is 72.3 Å². The minimum absolute atomic E-state index is 0.540. The average molecular weight is 540 g/mol. The number of nitrogen functional groups attached to an aromatic ring is 1. The number of aromatic nitrogens is 4. The zero-order valence-electron chi connectivity index (χ0n) is 21.6. The Morgan fingerprint density at radius 3 is 2.33 bits per heavy atom. The molecule has 0 radical (unpaired) electrons. The first kappa shape index (κ1) is 25.2. The first-order chi connectivity index (χ1) is 19.1. The van der Waals surface area contributed by atoms with E-state index in [1.807, 2.05) is 72.8 Å². The van der Waals surface area contributed by atoms with Gasteiger partial charge in [-0.15, -0.1) is 5.10 Å². The number of nitrogens with zero attached hydrogens (tertiary/aromatic N) is 6. The molecule has 0 unspecified atom stereocenters. The van der Waals surface area contributed by atoms with Crippen molar-refractivity contribution in [2.45, 2.75) is 6.54 Å². The van der Waals surface area contributed by atoms with E-state index in [0.717, 1.165) is 60.7 Å². The van der Waals surface area contributed by atoms with Crippen LogP contribution in [0.25, 0.3) is 22.3 Å². The highest BCUT2D eigenvalue weighted by molar-refractivity contribution is 6.30. The first-order valence-corrected chi connectivity index (χ1v) is 13.5. The highest BCUT2D eigenvalue weighted by atomic mass is 35.5. The summed E-state index contributed by atoms with van der Waals surface area (Å²) in [6.45, 7) is 5.50. The second-order valence-corrected chi connectivity index (χ2v) is 10.0. The summed E-state index contributed by atoms with van der Waals surface area (Å²) in [6.07, 6.45) is 0. The number of anilines is 2. The molecule has 3 heterocycles. The van der Waals surface area contributed by atoms with E-state index in [0.29, 0.717) is 35.6 Å². The molecule has 2 aromatic heterocycles. The summed E-state index contributed by atoms with van der Waals surface area (Å²) in [4.78, 5) is 14.5. The molecule has 8 nitrogen and oxygen atoms in total. The Morgan fingerprint density at radius 1 is 0.846 bits per heavy atom. The second-order valence-electron chi connectivity index (χ2n) is 9.60. The molecule has 198 valence electrons. The number of benzene rings is 3. The van der Waals surface area contributed by atoms with Crippen LogP contribution >= 0.6 is 11.6 Å². The smallest absolute Gasteiger partial charge is 0.228 e. The number of piperazine rings is 1. The van der Waals surface area contributed by atoms with E-state index < -0.39 is 0 Å². The van der Waals surface area contributed by atoms with Gasteiger partial charge in [0.1, 0.15) is 18.2 Å². The second kappa shape index (κ2) is 11.3. The third-order valence-corrected chi connectivity index (χ3v) is 7.21. The Hall–Kier alpha value is -4.14. The van der Waals surface area contributed by atoms with E-state index in [1.165, 1.54) is 0 Å². The van der Waals surface area contributed by atoms with Gasteiger partial charge in [0.2, 0.25) is 5.95 Å². The van der Waals surface area contributed by atoms with E-state index in [-0.39, 0.29) is 0 Å². The van der Waals surface area contributed by atoms with Crippen molar-refractivity contribution in [1.82, 2.24) is 24.6 Å². The van der Waals surface area contributed by atoms with Crippen molar-refractivity contribution in [3.05, 3.63) is 95.5 Å². The number of fused-ring (bicyclic) bond motifs is 1. The zero-order chi connectivity index (χ0) is 26.6. The number of hydrogen-bond acceptors (Lipinski definition) is 7. The zero-order valence-corrected chi connectivity index (χ0v) is 22.3. The molecular weight excluding hydrogens is 510 g/mol. The molecule has 0 saturated carbocycles. The van der Waals surface area contributed by atoms with Crippen LogP contribution in [0.2, 0.25) is 5.02 Å². The molecule has 0 atom stereocenters. The summed E-state index contributed by atoms with van der Waals surface area (Å²) in [5.41, 5.74) is 9.98. The molecule has 6 rings (SSSR count). The van der Waals surface area contributed by atoms with Gasteiger partial charge in [-0.2, -0.15) is 4.98 Å². The quantitative estimate of drug-likeness (QED) is 0.298. The lowest BCUT2D eigenvalue weighted by Gasteiger charge is -2.34. The van der Waals surface area contributed by atoms with E-state index in [4.69, 9.17) is 37.1 Å². The largest absolute Gasteiger partial charge is 0.492 e. The van der Waals surface area contributed by atoms with Crippen LogP contribution < -0.4 is 15.4 Å². The maximum absolute atomic E-state index is 6.65. The molecule has 0 aliphatic carbocycles. The lowest BCUT2D eigenvalue weighted by atomic mass is 10.1. The van der Waals surface area contributed by atoms with Crippen LogP contribution in [0.5, 0.6) is 5.75 Å². The topological polar surface area (TPSA) is 85.3 Å². The molecule has 1 fully saturated rings. The van der Waals surface area contributed by atoms with Crippen molar-refractivity contribution in [3.8, 4) is 17.0 Å². The first-order valence-electron chi connectivity index (χ1n) is 13.1. The standard InChI is InChI=1S/C30H30ClN7O/c31-24-11-7-10-23(20-24)27-26-28(32)38(21-22-8-3-1-4-9-22)35-29(26)34-30(33-27)37-16-14-36(15-17-37)18-19-39-25-12-5-2-6-13-25/h1-13,20H,14-19,21,32H2. The van der Waals surface area contributed by atoms with Crippen LogP contribution in [-0.4, -0.2) is 64.0 Å². The van der Waals surface area contributed by atoms with Crippen molar-refractivity contribution in [2.24, 2.45) is 0 Å². The summed E-state index contributed by atoms with van der Waals surface area (Å²) in [5, 5.41) is 6.20. The lowest BCUT2D eigenvalue weighted by Crippen LogP contribution is -2.48. The van der Waals surface area contributed by atoms with Crippen LogP contribution in [0.15, 0.2) is 84.9 Å². The predicted molar refractivity (Wildman–Crippen MR) is 156 cm³/mol. The molecule has 2 N–H and O–H groups in total. The molecule has 3 aromatic carbocycles. The maximum Gasteiger partial charge on any atom is 0.228 e. The molecule has 39 heavy (non-hydrogen) atoms. The highest BCUT2D eigenvalue weighted by Gasteiger charge is 2.24. The molecule has 9 heteroatoms. The van der Waals surface area contributed by atoms with Gasteiger partial charge in [0, 0.05) is 43.3 Å². The fourth-order valence-corrected chi connectivity index (χ4v) is 5.08. The summed E-state index contributed by atoms with van der Waals surface area (Å²) in [7, 11) is 0. The molecule has 0 amide bonds. The van der Waals surface area contributed by atoms with Crippen molar-refractivity contribution < 1.29 is 4.74 Å². The van der Waals surface area contributed by atoms with E-state index >= 15 is 0 Å². The van der Waals surface area contributed by atoms with Crippen LogP contribution in [0.3, 0.4) is 0 Å². The number of ether oxygens (including phenoxy) is 1. The normalized spacial score (nSPS) is 14.1. The fourth-order valence-electron chi connectivity index (χ4n) is 4.89. The fraction of sp³-hybridized carbons (Fsp3) is 0.233. The van der Waals surface area contributed by atoms with E-state index in [1.54, 1.807) is 4.68 Å². The van der Waals surface area contributed by atoms with Crippen LogP contribution in [0.1, 0.15) is 5.56 Å². The van der Waals surface area contributed by atoms with E-state index in [9.17, 15) is 0 Å². The Bertz CT molecular complexity index is 1550. The predicted octanol–water partition coefficient (Wildman–Crippen LogP) is 4.98. The molecular formula is C30H30ClN7O. The van der Waals surface area contributed by atoms with Gasteiger partial charge >= 0.3 is 0 Å². The van der Waals surface area contributed by atoms with Crippen LogP contribution in [-0.2, 0) is 6.54 Å². The number of para-hydroxylation sites is 1. The maximum atomic E-state index is 6.65. The van der Waals surface area contributed by atoms with Gasteiger partial charge in [0.05, 0.1) is 17.6 Å². The Balaban J connectivity index is 1.24. The van der Waals surface area contributed by atoms with Gasteiger partial charge < -0.3 is 15.4 Å². The van der Waals surface area contributed by atoms with Crippen molar-refractivity contribution in [2.75, 3.05) is 50.0 Å². The van der Waals surface area contributed by atoms with Crippen molar-refractivity contribution >= 4 is 34.4 Å². The number of hydrogen-bond donors (Lipinski definition) is 1. The van der Waals surface area contributed by atoms with Gasteiger partial charge in [0.15, 0.2) is 5.65 Å². The number of nitrogens with two attached hydrogens (primary N) is 1. The average Bonchev–Trinajstić information content (AvgIpc) is 3.28. The van der Waals surface area contributed by atoms with Crippen molar-refractivity contribution in [3.63, 3.8) is 0 Å². The summed E-state index contributed by atoms with van der Waals surface area (Å²) in [5.74, 6) is 2.10. The van der Waals surface area contributed by atoms with Gasteiger partial charge in [-0.05, 0) is 29.8 Å². The summed E-state index contributed by atoms with van der Waals surface area (Å²) < 4.78 is 7.69. The summed E-state index contributed by atoms with van der Waals surface area (Å²) in [6, 6.07) is 27.8. The molecule has 0 bridgehead atoms. The van der Waals surface area contributed by atoms with Crippen LogP contribution in [0.4, 0.5) is 11.8 Å². The third-order valence-electron chi connectivity index (χ3n) is 6.98. The Morgan fingerprint density at radius 2 is 1.59 bits per heavy atom. The third kappa shape index (κ3) is 5.67. The van der Waals surface area contributed by atoms with Gasteiger partial charge in [-0.25, -0.2) is 9.67 Å². The molecule has 1 aliphatic rings. The molecule has 5 aromatic rings. The molecule has 1 saturated heterocycles. The Labute approximate surface area is 232 Å². The molecule has 1 aliphatic heterocycles.